The molecule has 0 spiro atoms. The number of aryl methyl sites for hydroxylation is 2. The standard InChI is InChI=1S/C21H21ClN4O2S/c1-13-23-10-11-26(13)12-18(27)25-21-19(16-4-2-3-5-17(16)29-21)20(28)24-15-8-6-14(22)7-9-15/h6-11H,2-5,12H2,1H3,(H,24,28)(H,25,27). The molecule has 0 radical (unpaired) electrons. The molecule has 2 aromatic heterocycles. The topological polar surface area (TPSA) is 76.0 Å². The Kier molecular flexibility index (Phi) is 5.69. The van der Waals surface area contributed by atoms with Gasteiger partial charge in [0.05, 0.1) is 5.56 Å². The van der Waals surface area contributed by atoms with E-state index in [9.17, 15) is 9.59 Å². The minimum Gasteiger partial charge on any atom is -0.326 e. The molecule has 29 heavy (non-hydrogen) atoms. The first-order chi connectivity index (χ1) is 14.0. The van der Waals surface area contributed by atoms with Crippen molar-refractivity contribution in [1.29, 1.82) is 0 Å². The average Bonchev–Trinajstić information content (AvgIpc) is 3.26. The zero-order valence-corrected chi connectivity index (χ0v) is 17.6. The zero-order chi connectivity index (χ0) is 20.4. The highest BCUT2D eigenvalue weighted by atomic mass is 35.5. The van der Waals surface area contributed by atoms with Gasteiger partial charge in [0.2, 0.25) is 5.91 Å². The second-order valence-corrected chi connectivity index (χ2v) is 8.57. The minimum absolute atomic E-state index is 0.159. The molecule has 150 valence electrons. The van der Waals surface area contributed by atoms with Gasteiger partial charge in [0.15, 0.2) is 0 Å². The summed E-state index contributed by atoms with van der Waals surface area (Å²) in [5, 5.41) is 7.12. The number of hydrogen-bond donors (Lipinski definition) is 2. The number of benzene rings is 1. The Bertz CT molecular complexity index is 1060. The Morgan fingerprint density at radius 3 is 2.66 bits per heavy atom. The van der Waals surface area contributed by atoms with Gasteiger partial charge in [0.25, 0.3) is 5.91 Å². The zero-order valence-electron chi connectivity index (χ0n) is 16.0. The molecule has 0 saturated heterocycles. The maximum Gasteiger partial charge on any atom is 0.258 e. The van der Waals surface area contributed by atoms with Crippen molar-refractivity contribution in [2.24, 2.45) is 0 Å². The third-order valence-electron chi connectivity index (χ3n) is 4.99. The molecule has 2 amide bonds. The first-order valence-electron chi connectivity index (χ1n) is 9.50. The Labute approximate surface area is 177 Å². The maximum atomic E-state index is 13.1. The number of carbonyl (C=O) groups excluding carboxylic acids is 2. The lowest BCUT2D eigenvalue weighted by Crippen LogP contribution is -2.21. The molecule has 0 atom stereocenters. The molecule has 3 aromatic rings. The van der Waals surface area contributed by atoms with E-state index in [4.69, 9.17) is 11.6 Å². The van der Waals surface area contributed by atoms with Crippen LogP contribution in [0, 0.1) is 6.92 Å². The lowest BCUT2D eigenvalue weighted by Gasteiger charge is -2.13. The molecule has 1 aromatic carbocycles. The second kappa shape index (κ2) is 8.39. The first-order valence-corrected chi connectivity index (χ1v) is 10.7. The summed E-state index contributed by atoms with van der Waals surface area (Å²) >= 11 is 7.44. The molecule has 1 aliphatic rings. The molecule has 0 aliphatic heterocycles. The Hall–Kier alpha value is -2.64. The highest BCUT2D eigenvalue weighted by Crippen LogP contribution is 2.38. The quantitative estimate of drug-likeness (QED) is 0.619. The predicted octanol–water partition coefficient (Wildman–Crippen LogP) is 4.68. The van der Waals surface area contributed by atoms with Gasteiger partial charge in [0, 0.05) is 28.0 Å². The molecule has 0 fully saturated rings. The van der Waals surface area contributed by atoms with Crippen LogP contribution in [0.15, 0.2) is 36.7 Å². The van der Waals surface area contributed by atoms with Crippen molar-refractivity contribution in [3.05, 3.63) is 63.5 Å². The number of aromatic nitrogens is 2. The number of carbonyl (C=O) groups is 2. The number of fused-ring (bicyclic) bond motifs is 1. The number of nitrogens with zero attached hydrogens (tertiary/aromatic N) is 2. The van der Waals surface area contributed by atoms with Crippen molar-refractivity contribution >= 4 is 45.4 Å². The molecular weight excluding hydrogens is 408 g/mol. The summed E-state index contributed by atoms with van der Waals surface area (Å²) in [5.74, 6) is 0.386. The normalized spacial score (nSPS) is 13.0. The van der Waals surface area contributed by atoms with Crippen molar-refractivity contribution in [3.8, 4) is 0 Å². The lowest BCUT2D eigenvalue weighted by molar-refractivity contribution is -0.116. The van der Waals surface area contributed by atoms with Gasteiger partial charge in [-0.05, 0) is 62.4 Å². The van der Waals surface area contributed by atoms with Crippen LogP contribution in [0.25, 0.3) is 0 Å². The Balaban J connectivity index is 1.59. The van der Waals surface area contributed by atoms with Crippen LogP contribution in [0.5, 0.6) is 0 Å². The maximum absolute atomic E-state index is 13.1. The van der Waals surface area contributed by atoms with Gasteiger partial charge in [-0.15, -0.1) is 11.3 Å². The number of amides is 2. The summed E-state index contributed by atoms with van der Waals surface area (Å²) in [6.07, 6.45) is 7.38. The van der Waals surface area contributed by atoms with E-state index < -0.39 is 0 Å². The molecule has 4 rings (SSSR count). The van der Waals surface area contributed by atoms with Gasteiger partial charge < -0.3 is 15.2 Å². The molecule has 1 aliphatic carbocycles. The highest BCUT2D eigenvalue weighted by Gasteiger charge is 2.26. The Morgan fingerprint density at radius 1 is 1.17 bits per heavy atom. The number of imidazole rings is 1. The van der Waals surface area contributed by atoms with Crippen LogP contribution < -0.4 is 10.6 Å². The van der Waals surface area contributed by atoms with Crippen LogP contribution in [-0.2, 0) is 24.2 Å². The van der Waals surface area contributed by atoms with E-state index in [0.717, 1.165) is 37.1 Å². The number of thiophene rings is 1. The fourth-order valence-electron chi connectivity index (χ4n) is 3.51. The summed E-state index contributed by atoms with van der Waals surface area (Å²) in [6, 6.07) is 6.99. The number of anilines is 2. The van der Waals surface area contributed by atoms with E-state index in [1.165, 1.54) is 16.2 Å². The lowest BCUT2D eigenvalue weighted by atomic mass is 9.95. The monoisotopic (exact) mass is 428 g/mol. The first kappa shape index (κ1) is 19.7. The second-order valence-electron chi connectivity index (χ2n) is 7.03. The molecule has 2 heterocycles. The van der Waals surface area contributed by atoms with Gasteiger partial charge in [-0.2, -0.15) is 0 Å². The van der Waals surface area contributed by atoms with Crippen LogP contribution in [0.4, 0.5) is 10.7 Å². The van der Waals surface area contributed by atoms with Gasteiger partial charge in [-0.3, -0.25) is 9.59 Å². The van der Waals surface area contributed by atoms with Crippen molar-refractivity contribution in [3.63, 3.8) is 0 Å². The van der Waals surface area contributed by atoms with E-state index in [1.54, 1.807) is 41.2 Å². The fraction of sp³-hybridized carbons (Fsp3) is 0.286. The fourth-order valence-corrected chi connectivity index (χ4v) is 4.94. The van der Waals surface area contributed by atoms with Gasteiger partial charge in [-0.25, -0.2) is 4.98 Å². The van der Waals surface area contributed by atoms with E-state index in [0.29, 0.717) is 21.3 Å². The van der Waals surface area contributed by atoms with Crippen LogP contribution in [-0.4, -0.2) is 21.4 Å². The smallest absolute Gasteiger partial charge is 0.258 e. The highest BCUT2D eigenvalue weighted by molar-refractivity contribution is 7.17. The van der Waals surface area contributed by atoms with Gasteiger partial charge >= 0.3 is 0 Å². The molecule has 0 unspecified atom stereocenters. The predicted molar refractivity (Wildman–Crippen MR) is 116 cm³/mol. The number of rotatable bonds is 5. The van der Waals surface area contributed by atoms with Crippen molar-refractivity contribution in [2.75, 3.05) is 10.6 Å². The third-order valence-corrected chi connectivity index (χ3v) is 6.45. The molecule has 2 N–H and O–H groups in total. The largest absolute Gasteiger partial charge is 0.326 e. The van der Waals surface area contributed by atoms with Crippen LogP contribution >= 0.6 is 22.9 Å². The summed E-state index contributed by atoms with van der Waals surface area (Å²) in [7, 11) is 0. The van der Waals surface area contributed by atoms with Gasteiger partial charge in [0.1, 0.15) is 17.4 Å². The van der Waals surface area contributed by atoms with Crippen LogP contribution in [0.3, 0.4) is 0 Å². The van der Waals surface area contributed by atoms with E-state index in [-0.39, 0.29) is 18.4 Å². The molecule has 0 saturated carbocycles. The summed E-state index contributed by atoms with van der Waals surface area (Å²) in [6.45, 7) is 2.01. The molecule has 0 bridgehead atoms. The van der Waals surface area contributed by atoms with E-state index in [2.05, 4.69) is 15.6 Å². The summed E-state index contributed by atoms with van der Waals surface area (Å²) in [4.78, 5) is 31.0. The van der Waals surface area contributed by atoms with Crippen molar-refractivity contribution in [2.45, 2.75) is 39.2 Å². The molecular formula is C21H21ClN4O2S. The van der Waals surface area contributed by atoms with Crippen molar-refractivity contribution < 1.29 is 9.59 Å². The average molecular weight is 429 g/mol. The number of halogens is 1. The van der Waals surface area contributed by atoms with Gasteiger partial charge in [-0.1, -0.05) is 11.6 Å². The van der Waals surface area contributed by atoms with E-state index in [1.807, 2.05) is 6.92 Å². The van der Waals surface area contributed by atoms with E-state index >= 15 is 0 Å². The van der Waals surface area contributed by atoms with Crippen LogP contribution in [0.1, 0.15) is 39.5 Å². The SMILES string of the molecule is Cc1nccn1CC(=O)Nc1sc2c(c1C(=O)Nc1ccc(Cl)cc1)CCCC2. The Morgan fingerprint density at radius 2 is 1.93 bits per heavy atom. The number of hydrogen-bond acceptors (Lipinski definition) is 4. The molecule has 6 nitrogen and oxygen atoms in total. The summed E-state index contributed by atoms with van der Waals surface area (Å²) in [5.41, 5.74) is 2.30. The number of nitrogens with one attached hydrogen (secondary N) is 2. The molecule has 8 heteroatoms. The van der Waals surface area contributed by atoms with Crippen molar-refractivity contribution in [1.82, 2.24) is 9.55 Å². The third kappa shape index (κ3) is 4.36. The van der Waals surface area contributed by atoms with Crippen LogP contribution in [0.2, 0.25) is 5.02 Å². The summed E-state index contributed by atoms with van der Waals surface area (Å²) < 4.78 is 1.77. The minimum atomic E-state index is -0.208.